The van der Waals surface area contributed by atoms with Crippen molar-refractivity contribution in [3.63, 3.8) is 0 Å². The number of nitrogens with one attached hydrogen (secondary N) is 2. The quantitative estimate of drug-likeness (QED) is 0.547. The Morgan fingerprint density at radius 2 is 1.94 bits per heavy atom. The SMILES string of the molecule is CCCCc1ccc(C(NC(=O)CCN2C(=O)NC3(CCCC3)C2=O)c2cccs2)cc1. The van der Waals surface area contributed by atoms with E-state index in [2.05, 4.69) is 41.8 Å². The molecule has 1 saturated carbocycles. The molecule has 2 aliphatic rings. The fraction of sp³-hybridized carbons (Fsp3) is 0.480. The molecule has 6 nitrogen and oxygen atoms in total. The molecule has 1 aliphatic heterocycles. The Labute approximate surface area is 193 Å². The highest BCUT2D eigenvalue weighted by atomic mass is 32.1. The molecule has 4 amide bonds. The molecule has 0 radical (unpaired) electrons. The van der Waals surface area contributed by atoms with Gasteiger partial charge < -0.3 is 10.6 Å². The van der Waals surface area contributed by atoms with Crippen molar-refractivity contribution in [1.29, 1.82) is 0 Å². The maximum Gasteiger partial charge on any atom is 0.325 e. The number of benzene rings is 1. The van der Waals surface area contributed by atoms with Crippen LogP contribution >= 0.6 is 11.3 Å². The van der Waals surface area contributed by atoms with Crippen molar-refractivity contribution < 1.29 is 14.4 Å². The number of urea groups is 1. The fourth-order valence-corrected chi connectivity index (χ4v) is 5.48. The molecule has 2 fully saturated rings. The van der Waals surface area contributed by atoms with Gasteiger partial charge in [-0.15, -0.1) is 11.3 Å². The van der Waals surface area contributed by atoms with Crippen LogP contribution in [0.1, 0.15) is 73.9 Å². The number of hydrogen-bond acceptors (Lipinski definition) is 4. The summed E-state index contributed by atoms with van der Waals surface area (Å²) in [5.74, 6) is -0.350. The van der Waals surface area contributed by atoms with Gasteiger partial charge in [0.25, 0.3) is 5.91 Å². The van der Waals surface area contributed by atoms with E-state index in [1.165, 1.54) is 10.5 Å². The van der Waals surface area contributed by atoms with Crippen molar-refractivity contribution in [2.45, 2.75) is 69.9 Å². The maximum atomic E-state index is 12.8. The van der Waals surface area contributed by atoms with Crippen molar-refractivity contribution >= 4 is 29.2 Å². The molecule has 7 heteroatoms. The third kappa shape index (κ3) is 4.72. The van der Waals surface area contributed by atoms with E-state index in [0.29, 0.717) is 12.8 Å². The van der Waals surface area contributed by atoms with Crippen LogP contribution in [0.15, 0.2) is 41.8 Å². The number of imide groups is 1. The van der Waals surface area contributed by atoms with Crippen molar-refractivity contribution in [1.82, 2.24) is 15.5 Å². The second-order valence-corrected chi connectivity index (χ2v) is 9.77. The predicted molar refractivity (Wildman–Crippen MR) is 125 cm³/mol. The fourth-order valence-electron chi connectivity index (χ4n) is 4.68. The van der Waals surface area contributed by atoms with E-state index in [1.54, 1.807) is 11.3 Å². The van der Waals surface area contributed by atoms with Gasteiger partial charge in [-0.25, -0.2) is 4.79 Å². The lowest BCUT2D eigenvalue weighted by molar-refractivity contribution is -0.131. The van der Waals surface area contributed by atoms with E-state index in [9.17, 15) is 14.4 Å². The van der Waals surface area contributed by atoms with Crippen LogP contribution in [0.25, 0.3) is 0 Å². The van der Waals surface area contributed by atoms with E-state index in [-0.39, 0.29) is 36.9 Å². The summed E-state index contributed by atoms with van der Waals surface area (Å²) >= 11 is 1.60. The second-order valence-electron chi connectivity index (χ2n) is 8.79. The van der Waals surface area contributed by atoms with Gasteiger partial charge in [0.1, 0.15) is 5.54 Å². The maximum absolute atomic E-state index is 12.8. The molecule has 2 heterocycles. The Kier molecular flexibility index (Phi) is 6.94. The minimum absolute atomic E-state index is 0.0890. The van der Waals surface area contributed by atoms with Gasteiger partial charge in [-0.05, 0) is 48.3 Å². The molecule has 2 aromatic rings. The summed E-state index contributed by atoms with van der Waals surface area (Å²) in [4.78, 5) is 40.3. The van der Waals surface area contributed by atoms with Crippen LogP contribution in [0, 0.1) is 0 Å². The number of nitrogens with zero attached hydrogens (tertiary/aromatic N) is 1. The molecule has 1 atom stereocenters. The molecular formula is C25H31N3O3S. The van der Waals surface area contributed by atoms with E-state index in [4.69, 9.17) is 0 Å². The van der Waals surface area contributed by atoms with Gasteiger partial charge in [0.05, 0.1) is 6.04 Å². The predicted octanol–water partition coefficient (Wildman–Crippen LogP) is 4.55. The summed E-state index contributed by atoms with van der Waals surface area (Å²) in [6.45, 7) is 2.29. The first-order valence-corrected chi connectivity index (χ1v) is 12.5. The summed E-state index contributed by atoms with van der Waals surface area (Å²) in [5.41, 5.74) is 1.60. The largest absolute Gasteiger partial charge is 0.344 e. The van der Waals surface area contributed by atoms with Crippen molar-refractivity contribution in [3.05, 3.63) is 57.8 Å². The summed E-state index contributed by atoms with van der Waals surface area (Å²) < 4.78 is 0. The molecule has 1 aromatic carbocycles. The Bertz CT molecular complexity index is 949. The number of unbranched alkanes of at least 4 members (excludes halogenated alkanes) is 1. The Morgan fingerprint density at radius 3 is 2.59 bits per heavy atom. The zero-order chi connectivity index (χ0) is 22.6. The first-order valence-electron chi connectivity index (χ1n) is 11.6. The summed E-state index contributed by atoms with van der Waals surface area (Å²) in [7, 11) is 0. The summed E-state index contributed by atoms with van der Waals surface area (Å²) in [6.07, 6.45) is 6.73. The smallest absolute Gasteiger partial charge is 0.325 e. The molecule has 0 bridgehead atoms. The highest BCUT2D eigenvalue weighted by Crippen LogP contribution is 2.35. The van der Waals surface area contributed by atoms with Crippen LogP contribution in [-0.4, -0.2) is 34.8 Å². The highest BCUT2D eigenvalue weighted by Gasteiger charge is 2.52. The number of amides is 4. The zero-order valence-electron chi connectivity index (χ0n) is 18.6. The zero-order valence-corrected chi connectivity index (χ0v) is 19.4. The van der Waals surface area contributed by atoms with Gasteiger partial charge in [0.15, 0.2) is 0 Å². The van der Waals surface area contributed by atoms with Gasteiger partial charge >= 0.3 is 6.03 Å². The molecule has 32 heavy (non-hydrogen) atoms. The highest BCUT2D eigenvalue weighted by molar-refractivity contribution is 7.10. The van der Waals surface area contributed by atoms with E-state index < -0.39 is 5.54 Å². The first-order chi connectivity index (χ1) is 15.5. The van der Waals surface area contributed by atoms with Crippen LogP contribution in [-0.2, 0) is 16.0 Å². The Hall–Kier alpha value is -2.67. The lowest BCUT2D eigenvalue weighted by atomic mass is 9.98. The molecule has 2 N–H and O–H groups in total. The first kappa shape index (κ1) is 22.5. The second kappa shape index (κ2) is 9.86. The molecular weight excluding hydrogens is 422 g/mol. The lowest BCUT2D eigenvalue weighted by Crippen LogP contribution is -2.44. The molecule has 1 aliphatic carbocycles. The topological polar surface area (TPSA) is 78.5 Å². The van der Waals surface area contributed by atoms with Crippen LogP contribution < -0.4 is 10.6 Å². The van der Waals surface area contributed by atoms with Crippen LogP contribution in [0.3, 0.4) is 0 Å². The van der Waals surface area contributed by atoms with E-state index >= 15 is 0 Å². The molecule has 1 spiro atoms. The summed E-state index contributed by atoms with van der Waals surface area (Å²) in [6, 6.07) is 11.8. The van der Waals surface area contributed by atoms with Crippen LogP contribution in [0.4, 0.5) is 4.79 Å². The Morgan fingerprint density at radius 1 is 1.19 bits per heavy atom. The lowest BCUT2D eigenvalue weighted by Gasteiger charge is -2.21. The normalized spacial score (nSPS) is 18.2. The average molecular weight is 454 g/mol. The van der Waals surface area contributed by atoms with Gasteiger partial charge in [0, 0.05) is 17.8 Å². The van der Waals surface area contributed by atoms with Gasteiger partial charge in [-0.3, -0.25) is 14.5 Å². The summed E-state index contributed by atoms with van der Waals surface area (Å²) in [5, 5.41) is 7.98. The monoisotopic (exact) mass is 453 g/mol. The van der Waals surface area contributed by atoms with E-state index in [0.717, 1.165) is 42.5 Å². The molecule has 1 aromatic heterocycles. The van der Waals surface area contributed by atoms with Crippen LogP contribution in [0.5, 0.6) is 0 Å². The molecule has 1 unspecified atom stereocenters. The van der Waals surface area contributed by atoms with Crippen molar-refractivity contribution in [3.8, 4) is 0 Å². The minimum atomic E-state index is -0.730. The number of thiophene rings is 1. The van der Waals surface area contributed by atoms with Gasteiger partial charge in [0.2, 0.25) is 5.91 Å². The number of carbonyl (C=O) groups excluding carboxylic acids is 3. The Balaban J connectivity index is 1.40. The van der Waals surface area contributed by atoms with Crippen LogP contribution in [0.2, 0.25) is 0 Å². The van der Waals surface area contributed by atoms with Gasteiger partial charge in [-0.2, -0.15) is 0 Å². The minimum Gasteiger partial charge on any atom is -0.344 e. The third-order valence-corrected chi connectivity index (χ3v) is 7.47. The number of rotatable bonds is 9. The number of hydrogen-bond donors (Lipinski definition) is 2. The van der Waals surface area contributed by atoms with Gasteiger partial charge in [-0.1, -0.05) is 56.5 Å². The third-order valence-electron chi connectivity index (χ3n) is 6.53. The van der Waals surface area contributed by atoms with E-state index in [1.807, 2.05) is 17.5 Å². The molecule has 170 valence electrons. The average Bonchev–Trinajstić information content (AvgIpc) is 3.53. The number of aryl methyl sites for hydroxylation is 1. The molecule has 1 saturated heterocycles. The van der Waals surface area contributed by atoms with Crippen molar-refractivity contribution in [2.75, 3.05) is 6.54 Å². The number of carbonyl (C=O) groups is 3. The standard InChI is InChI=1S/C25H31N3O3S/c1-2-3-7-18-9-11-19(12-10-18)22(20-8-6-17-32-20)26-21(29)13-16-28-23(30)25(27-24(28)31)14-4-5-15-25/h6,8-12,17,22H,2-5,7,13-16H2,1H3,(H,26,29)(H,27,31). The van der Waals surface area contributed by atoms with Crippen molar-refractivity contribution in [2.24, 2.45) is 0 Å². The molecule has 4 rings (SSSR count).